The summed E-state index contributed by atoms with van der Waals surface area (Å²) in [5.74, 6) is 1.23. The third kappa shape index (κ3) is 8.03. The van der Waals surface area contributed by atoms with Gasteiger partial charge in [-0.3, -0.25) is 10.1 Å². The number of hydrogen-bond acceptors (Lipinski definition) is 11. The summed E-state index contributed by atoms with van der Waals surface area (Å²) in [7, 11) is 8.52. The third-order valence-corrected chi connectivity index (χ3v) is 12.7. The maximum absolute atomic E-state index is 13.9. The molecule has 5 atom stereocenters. The molecule has 2 aliphatic heterocycles. The van der Waals surface area contributed by atoms with Gasteiger partial charge in [-0.15, -0.1) is 0 Å². The van der Waals surface area contributed by atoms with Crippen molar-refractivity contribution in [1.29, 1.82) is 0 Å². The van der Waals surface area contributed by atoms with Gasteiger partial charge in [0.15, 0.2) is 11.5 Å². The fraction of sp³-hybridized carbons (Fsp3) is 0.410. The molecule has 6 N–H and O–H groups in total. The highest BCUT2D eigenvalue weighted by molar-refractivity contribution is 8.76. The topological polar surface area (TPSA) is 141 Å². The second-order valence-corrected chi connectivity index (χ2v) is 15.8. The number of ketones is 1. The first-order valence-electron chi connectivity index (χ1n) is 17.1. The number of aliphatic hydroxyl groups is 1. The molecule has 0 saturated heterocycles. The van der Waals surface area contributed by atoms with Crippen molar-refractivity contribution >= 4 is 38.1 Å². The molecule has 2 bridgehead atoms. The quantitative estimate of drug-likeness (QED) is 0.0872. The van der Waals surface area contributed by atoms with Crippen LogP contribution >= 0.6 is 21.6 Å². The number of fused-ring (bicyclic) bond motifs is 9. The highest BCUT2D eigenvalue weighted by atomic mass is 33.1. The molecule has 9 nitrogen and oxygen atoms in total. The molecule has 1 aliphatic carbocycles. The highest BCUT2D eigenvalue weighted by Crippen LogP contribution is 2.48. The van der Waals surface area contributed by atoms with E-state index in [0.717, 1.165) is 57.0 Å². The lowest BCUT2D eigenvalue weighted by molar-refractivity contribution is -0.128. The Labute approximate surface area is 301 Å². The van der Waals surface area contributed by atoms with Crippen molar-refractivity contribution in [2.75, 3.05) is 21.2 Å². The lowest BCUT2D eigenvalue weighted by Gasteiger charge is -2.38. The van der Waals surface area contributed by atoms with E-state index in [1.165, 1.54) is 7.11 Å². The van der Waals surface area contributed by atoms with Crippen molar-refractivity contribution in [2.45, 2.75) is 74.5 Å². The van der Waals surface area contributed by atoms with Crippen molar-refractivity contribution in [3.63, 3.8) is 0 Å². The van der Waals surface area contributed by atoms with Gasteiger partial charge in [0.05, 0.1) is 19.3 Å². The summed E-state index contributed by atoms with van der Waals surface area (Å²) in [6.07, 6.45) is 1.33. The zero-order chi connectivity index (χ0) is 35.4. The van der Waals surface area contributed by atoms with Crippen LogP contribution in [0.4, 0.5) is 0 Å². The average Bonchev–Trinajstić information content (AvgIpc) is 3.09. The van der Waals surface area contributed by atoms with E-state index in [1.54, 1.807) is 59.0 Å². The van der Waals surface area contributed by atoms with Gasteiger partial charge in [-0.2, -0.15) is 0 Å². The fourth-order valence-electron chi connectivity index (χ4n) is 7.43. The van der Waals surface area contributed by atoms with Gasteiger partial charge in [0.25, 0.3) is 0 Å². The Balaban J connectivity index is 1.38. The molecule has 2 heterocycles. The molecule has 0 amide bonds. The van der Waals surface area contributed by atoms with Crippen LogP contribution in [-0.4, -0.2) is 64.9 Å². The first kappa shape index (κ1) is 36.3. The SMILES string of the molecule is CNCc1cc(O)cc(C(NC)OC2CC(=O)CCc3ccc(O)c(OC)c3-c3ccc4ccc(O)cc4c3CSSC3CCC2CC3O)c1. The zero-order valence-electron chi connectivity index (χ0n) is 28.6. The van der Waals surface area contributed by atoms with Crippen LogP contribution in [0.5, 0.6) is 23.0 Å². The van der Waals surface area contributed by atoms with Crippen molar-refractivity contribution in [2.24, 2.45) is 5.92 Å². The molecule has 0 aromatic heterocycles. The maximum atomic E-state index is 13.9. The minimum absolute atomic E-state index is 0.00604. The van der Waals surface area contributed by atoms with E-state index in [4.69, 9.17) is 9.47 Å². The van der Waals surface area contributed by atoms with Crippen LogP contribution in [0.1, 0.15) is 60.6 Å². The van der Waals surface area contributed by atoms with E-state index in [1.807, 2.05) is 37.4 Å². The number of benzene rings is 4. The number of aromatic hydroxyl groups is 3. The first-order valence-corrected chi connectivity index (χ1v) is 19.5. The standard InChI is InChI=1S/C39H46N2O7S2/c1-40-20-22-14-26(16-29(44)15-22)39(41-2)48-35-19-28(43)10-5-24-7-12-33(45)38(47-3)37(24)30-11-6-23-4-9-27(42)18-31(23)32(30)21-49-50-36-13-8-25(35)17-34(36)46/h4,6-7,9,11-12,14-16,18,25,34-36,39-42,44-46H,5,8,10,13,17,19-21H2,1-3H3. The van der Waals surface area contributed by atoms with Crippen molar-refractivity contribution in [3.05, 3.63) is 82.9 Å². The number of Topliss-reactive ketones (excluding diaryl/α,β-unsaturated/α-hetero) is 1. The molecule has 4 aromatic rings. The van der Waals surface area contributed by atoms with Crippen molar-refractivity contribution in [3.8, 4) is 34.1 Å². The number of nitrogens with one attached hydrogen (secondary N) is 2. The van der Waals surface area contributed by atoms with Crippen molar-refractivity contribution < 1.29 is 34.7 Å². The van der Waals surface area contributed by atoms with Crippen LogP contribution < -0.4 is 15.4 Å². The number of rotatable bonds is 7. The lowest BCUT2D eigenvalue weighted by Crippen LogP contribution is -2.40. The average molecular weight is 719 g/mol. The summed E-state index contributed by atoms with van der Waals surface area (Å²) < 4.78 is 12.5. The van der Waals surface area contributed by atoms with Crippen LogP contribution in [0.25, 0.3) is 21.9 Å². The molecule has 0 radical (unpaired) electrons. The Hall–Kier alpha value is -3.45. The Kier molecular flexibility index (Phi) is 11.8. The monoisotopic (exact) mass is 718 g/mol. The van der Waals surface area contributed by atoms with Crippen LogP contribution in [0.2, 0.25) is 0 Å². The predicted octanol–water partition coefficient (Wildman–Crippen LogP) is 6.97. The van der Waals surface area contributed by atoms with E-state index >= 15 is 0 Å². The number of methoxy groups -OCH3 is 1. The molecule has 7 rings (SSSR count). The van der Waals surface area contributed by atoms with Crippen molar-refractivity contribution in [1.82, 2.24) is 10.6 Å². The first-order chi connectivity index (χ1) is 24.2. The van der Waals surface area contributed by atoms with Gasteiger partial charge < -0.3 is 35.2 Å². The van der Waals surface area contributed by atoms with E-state index in [0.29, 0.717) is 30.9 Å². The third-order valence-electron chi connectivity index (χ3n) is 9.89. The smallest absolute Gasteiger partial charge is 0.168 e. The molecule has 3 aliphatic rings. The molecule has 266 valence electrons. The minimum Gasteiger partial charge on any atom is -0.508 e. The van der Waals surface area contributed by atoms with E-state index in [2.05, 4.69) is 10.6 Å². The maximum Gasteiger partial charge on any atom is 0.168 e. The number of ether oxygens (including phenoxy) is 2. The summed E-state index contributed by atoms with van der Waals surface area (Å²) in [6.45, 7) is 0.582. The Bertz CT molecular complexity index is 1840. The second-order valence-electron chi connectivity index (χ2n) is 13.2. The molecular formula is C39H46N2O7S2. The van der Waals surface area contributed by atoms with Gasteiger partial charge >= 0.3 is 0 Å². The summed E-state index contributed by atoms with van der Waals surface area (Å²) in [5, 5.41) is 51.6. The number of aliphatic hydroxyl groups excluding tert-OH is 1. The largest absolute Gasteiger partial charge is 0.508 e. The summed E-state index contributed by atoms with van der Waals surface area (Å²) in [5.41, 5.74) is 5.13. The molecule has 1 saturated carbocycles. The van der Waals surface area contributed by atoms with Gasteiger partial charge in [-0.1, -0.05) is 51.9 Å². The highest BCUT2D eigenvalue weighted by Gasteiger charge is 2.37. The second kappa shape index (κ2) is 16.3. The Morgan fingerprint density at radius 1 is 0.960 bits per heavy atom. The van der Waals surface area contributed by atoms with E-state index in [9.17, 15) is 25.2 Å². The molecule has 1 fully saturated rings. The molecule has 5 unspecified atom stereocenters. The Morgan fingerprint density at radius 2 is 1.78 bits per heavy atom. The number of hydrogen-bond donors (Lipinski definition) is 6. The molecule has 0 spiro atoms. The number of phenols is 3. The van der Waals surface area contributed by atoms with Gasteiger partial charge in [0.2, 0.25) is 0 Å². The van der Waals surface area contributed by atoms with E-state index in [-0.39, 0.29) is 47.0 Å². The van der Waals surface area contributed by atoms with E-state index < -0.39 is 18.4 Å². The predicted molar refractivity (Wildman–Crippen MR) is 201 cm³/mol. The number of carbonyl (C=O) groups is 1. The number of phenolic OH excluding ortho intramolecular Hbond substituents is 3. The molecule has 4 aromatic carbocycles. The van der Waals surface area contributed by atoms with Crippen LogP contribution in [-0.2, 0) is 28.2 Å². The van der Waals surface area contributed by atoms with Gasteiger partial charge in [0, 0.05) is 36.0 Å². The summed E-state index contributed by atoms with van der Waals surface area (Å²) >= 11 is 0. The molecule has 50 heavy (non-hydrogen) atoms. The number of carbonyl (C=O) groups excluding carboxylic acids is 1. The fourth-order valence-corrected chi connectivity index (χ4v) is 10.3. The number of aryl methyl sites for hydroxylation is 1. The van der Waals surface area contributed by atoms with Gasteiger partial charge in [0.1, 0.15) is 23.5 Å². The van der Waals surface area contributed by atoms with Gasteiger partial charge in [-0.05, 0) is 115 Å². The Morgan fingerprint density at radius 3 is 2.54 bits per heavy atom. The van der Waals surface area contributed by atoms with Crippen LogP contribution in [0.15, 0.2) is 60.7 Å². The summed E-state index contributed by atoms with van der Waals surface area (Å²) in [6, 6.07) is 18.2. The lowest BCUT2D eigenvalue weighted by atomic mass is 9.81. The normalized spacial score (nSPS) is 22.2. The summed E-state index contributed by atoms with van der Waals surface area (Å²) in [4.78, 5) is 13.9. The van der Waals surface area contributed by atoms with Crippen LogP contribution in [0, 0.1) is 5.92 Å². The molecular weight excluding hydrogens is 673 g/mol. The van der Waals surface area contributed by atoms with Gasteiger partial charge in [-0.25, -0.2) is 0 Å². The molecule has 11 heteroatoms. The van der Waals surface area contributed by atoms with Crippen LogP contribution in [0.3, 0.4) is 0 Å². The zero-order valence-corrected chi connectivity index (χ0v) is 30.3. The minimum atomic E-state index is -0.579.